The second-order valence-electron chi connectivity index (χ2n) is 7.71. The molecule has 1 fully saturated rings. The van der Waals surface area contributed by atoms with E-state index in [0.29, 0.717) is 11.7 Å². The van der Waals surface area contributed by atoms with Gasteiger partial charge in [0.15, 0.2) is 5.96 Å². The molecule has 0 radical (unpaired) electrons. The van der Waals surface area contributed by atoms with Crippen molar-refractivity contribution in [3.8, 4) is 5.75 Å². The Hall–Kier alpha value is -1.04. The summed E-state index contributed by atoms with van der Waals surface area (Å²) >= 11 is 0. The molecule has 1 aromatic rings. The molecular weight excluding hydrogens is 542 g/mol. The third-order valence-electron chi connectivity index (χ3n) is 5.05. The first-order chi connectivity index (χ1) is 14.1. The molecule has 0 aliphatic heterocycles. The Balaban J connectivity index is 0.00000480. The molecule has 10 heteroatoms. The Morgan fingerprint density at radius 2 is 2.03 bits per heavy atom. The SMILES string of the molecule is CCS(=O)C1CCCC(NC(=NC)NCc2ccc(OC(C)C)cc2C(F)(F)F)C1.I. The van der Waals surface area contributed by atoms with E-state index in [1.807, 2.05) is 6.92 Å². The lowest BCUT2D eigenvalue weighted by atomic mass is 9.95. The lowest BCUT2D eigenvalue weighted by molar-refractivity contribution is -0.138. The quantitative estimate of drug-likeness (QED) is 0.277. The summed E-state index contributed by atoms with van der Waals surface area (Å²) in [5, 5.41) is 6.42. The molecule has 0 heterocycles. The minimum atomic E-state index is -4.48. The Bertz CT molecular complexity index is 760. The fraction of sp³-hybridized carbons (Fsp3) is 0.667. The van der Waals surface area contributed by atoms with Crippen LogP contribution in [0.25, 0.3) is 0 Å². The number of nitrogens with one attached hydrogen (secondary N) is 2. The number of benzene rings is 1. The Morgan fingerprint density at radius 3 is 2.61 bits per heavy atom. The van der Waals surface area contributed by atoms with Gasteiger partial charge in [0.25, 0.3) is 0 Å². The van der Waals surface area contributed by atoms with Gasteiger partial charge < -0.3 is 15.4 Å². The second kappa shape index (κ2) is 12.9. The topological polar surface area (TPSA) is 62.7 Å². The largest absolute Gasteiger partial charge is 0.491 e. The lowest BCUT2D eigenvalue weighted by Crippen LogP contribution is -2.46. The summed E-state index contributed by atoms with van der Waals surface area (Å²) in [7, 11) is 0.746. The van der Waals surface area contributed by atoms with Crippen LogP contribution >= 0.6 is 24.0 Å². The summed E-state index contributed by atoms with van der Waals surface area (Å²) < 4.78 is 58.2. The van der Waals surface area contributed by atoms with E-state index in [1.165, 1.54) is 6.07 Å². The molecule has 5 nitrogen and oxygen atoms in total. The zero-order valence-corrected chi connectivity index (χ0v) is 21.6. The molecular formula is C21H33F3IN3O2S. The molecule has 2 rings (SSSR count). The van der Waals surface area contributed by atoms with Crippen LogP contribution in [0.3, 0.4) is 0 Å². The van der Waals surface area contributed by atoms with Crippen molar-refractivity contribution in [2.45, 2.75) is 76.6 Å². The molecule has 0 bridgehead atoms. The van der Waals surface area contributed by atoms with E-state index in [-0.39, 0.29) is 59.2 Å². The normalized spacial score (nSPS) is 20.7. The monoisotopic (exact) mass is 575 g/mol. The highest BCUT2D eigenvalue weighted by molar-refractivity contribution is 14.0. The summed E-state index contributed by atoms with van der Waals surface area (Å²) in [5.41, 5.74) is -0.602. The Morgan fingerprint density at radius 1 is 1.32 bits per heavy atom. The molecule has 31 heavy (non-hydrogen) atoms. The van der Waals surface area contributed by atoms with E-state index in [1.54, 1.807) is 27.0 Å². The van der Waals surface area contributed by atoms with Gasteiger partial charge in [-0.25, -0.2) is 0 Å². The van der Waals surface area contributed by atoms with Gasteiger partial charge in [0.2, 0.25) is 0 Å². The summed E-state index contributed by atoms with van der Waals surface area (Å²) in [6.45, 7) is 5.44. The fourth-order valence-electron chi connectivity index (χ4n) is 3.64. The van der Waals surface area contributed by atoms with Crippen molar-refractivity contribution in [3.05, 3.63) is 29.3 Å². The van der Waals surface area contributed by atoms with Crippen LogP contribution in [0.5, 0.6) is 5.75 Å². The van der Waals surface area contributed by atoms with E-state index in [2.05, 4.69) is 15.6 Å². The predicted octanol–water partition coefficient (Wildman–Crippen LogP) is 4.86. The number of rotatable bonds is 7. The van der Waals surface area contributed by atoms with Crippen molar-refractivity contribution in [1.82, 2.24) is 10.6 Å². The highest BCUT2D eigenvalue weighted by atomic mass is 127. The highest BCUT2D eigenvalue weighted by Gasteiger charge is 2.34. The summed E-state index contributed by atoms with van der Waals surface area (Å²) in [4.78, 5) is 4.15. The number of nitrogens with zero attached hydrogens (tertiary/aromatic N) is 1. The minimum Gasteiger partial charge on any atom is -0.491 e. The van der Waals surface area contributed by atoms with E-state index in [4.69, 9.17) is 4.74 Å². The molecule has 178 valence electrons. The van der Waals surface area contributed by atoms with Crippen LogP contribution in [0.4, 0.5) is 13.2 Å². The Kier molecular flexibility index (Phi) is 11.6. The molecule has 0 spiro atoms. The molecule has 2 N–H and O–H groups in total. The van der Waals surface area contributed by atoms with Gasteiger partial charge >= 0.3 is 6.18 Å². The van der Waals surface area contributed by atoms with Crippen LogP contribution in [0, 0.1) is 0 Å². The fourth-order valence-corrected chi connectivity index (χ4v) is 4.98. The molecule has 3 unspecified atom stereocenters. The standard InChI is InChI=1S/C21H32F3N3O2S.HI/c1-5-30(28)18-8-6-7-16(11-18)27-20(25-4)26-13-15-9-10-17(29-14(2)3)12-19(15)21(22,23)24;/h9-10,12,14,16,18H,5-8,11,13H2,1-4H3,(H2,25,26,27);1H. The maximum Gasteiger partial charge on any atom is 0.416 e. The maximum atomic E-state index is 13.5. The van der Waals surface area contributed by atoms with Crippen LogP contribution < -0.4 is 15.4 Å². The molecule has 1 aliphatic carbocycles. The molecule has 0 aromatic heterocycles. The van der Waals surface area contributed by atoms with E-state index < -0.39 is 22.5 Å². The van der Waals surface area contributed by atoms with E-state index in [0.717, 1.165) is 31.7 Å². The number of alkyl halides is 3. The van der Waals surface area contributed by atoms with E-state index >= 15 is 0 Å². The number of ether oxygens (including phenoxy) is 1. The van der Waals surface area contributed by atoms with Gasteiger partial charge in [-0.3, -0.25) is 9.20 Å². The molecule has 1 aliphatic rings. The van der Waals surface area contributed by atoms with Crippen LogP contribution in [-0.2, 0) is 23.5 Å². The van der Waals surface area contributed by atoms with Crippen LogP contribution in [0.1, 0.15) is 57.6 Å². The first-order valence-corrected chi connectivity index (χ1v) is 11.7. The molecule has 1 saturated carbocycles. The predicted molar refractivity (Wildman–Crippen MR) is 131 cm³/mol. The van der Waals surface area contributed by atoms with Gasteiger partial charge in [-0.05, 0) is 50.8 Å². The van der Waals surface area contributed by atoms with E-state index in [9.17, 15) is 17.4 Å². The summed E-state index contributed by atoms with van der Waals surface area (Å²) in [6.07, 6.45) is -1.07. The van der Waals surface area contributed by atoms with Gasteiger partial charge in [0.05, 0.1) is 11.7 Å². The number of guanidine groups is 1. The number of halogens is 4. The smallest absolute Gasteiger partial charge is 0.416 e. The van der Waals surface area contributed by atoms with Crippen molar-refractivity contribution < 1.29 is 22.1 Å². The Labute approximate surface area is 202 Å². The lowest BCUT2D eigenvalue weighted by Gasteiger charge is -2.30. The van der Waals surface area contributed by atoms with Gasteiger partial charge in [-0.2, -0.15) is 13.2 Å². The number of hydrogen-bond acceptors (Lipinski definition) is 3. The molecule has 0 saturated heterocycles. The third-order valence-corrected chi connectivity index (χ3v) is 6.79. The average molecular weight is 575 g/mol. The third kappa shape index (κ3) is 8.78. The summed E-state index contributed by atoms with van der Waals surface area (Å²) in [6, 6.07) is 4.13. The highest BCUT2D eigenvalue weighted by Crippen LogP contribution is 2.34. The van der Waals surface area contributed by atoms with Gasteiger partial charge in [-0.15, -0.1) is 24.0 Å². The zero-order chi connectivity index (χ0) is 22.3. The van der Waals surface area contributed by atoms with Gasteiger partial charge in [0.1, 0.15) is 5.75 Å². The van der Waals surface area contributed by atoms with Crippen molar-refractivity contribution >= 4 is 40.7 Å². The molecule has 1 aromatic carbocycles. The first-order valence-electron chi connectivity index (χ1n) is 10.3. The average Bonchev–Trinajstić information content (AvgIpc) is 2.70. The minimum absolute atomic E-state index is 0. The van der Waals surface area contributed by atoms with Crippen molar-refractivity contribution in [2.75, 3.05) is 12.8 Å². The van der Waals surface area contributed by atoms with Gasteiger partial charge in [0, 0.05) is 41.4 Å². The summed E-state index contributed by atoms with van der Waals surface area (Å²) in [5.74, 6) is 1.28. The number of hydrogen-bond donors (Lipinski definition) is 2. The first kappa shape index (κ1) is 28.0. The van der Waals surface area contributed by atoms with Crippen molar-refractivity contribution in [1.29, 1.82) is 0 Å². The molecule has 3 atom stereocenters. The second-order valence-corrected chi connectivity index (χ2v) is 9.71. The van der Waals surface area contributed by atoms with Crippen LogP contribution in [0.15, 0.2) is 23.2 Å². The molecule has 0 amide bonds. The number of aliphatic imine (C=N–C) groups is 1. The van der Waals surface area contributed by atoms with Crippen LogP contribution in [0.2, 0.25) is 0 Å². The zero-order valence-electron chi connectivity index (χ0n) is 18.4. The van der Waals surface area contributed by atoms with Crippen molar-refractivity contribution in [2.24, 2.45) is 4.99 Å². The van der Waals surface area contributed by atoms with Gasteiger partial charge in [-0.1, -0.05) is 19.4 Å². The van der Waals surface area contributed by atoms with Crippen LogP contribution in [-0.4, -0.2) is 40.4 Å². The van der Waals surface area contributed by atoms with Crippen molar-refractivity contribution in [3.63, 3.8) is 0 Å². The maximum absolute atomic E-state index is 13.5.